The first-order valence-electron chi connectivity index (χ1n) is 5.06. The topological polar surface area (TPSA) is 102 Å². The van der Waals surface area contributed by atoms with Gasteiger partial charge in [-0.05, 0) is 18.9 Å². The molecule has 1 heterocycles. The lowest BCUT2D eigenvalue weighted by molar-refractivity contribution is -0.138. The molecule has 6 nitrogen and oxygen atoms in total. The van der Waals surface area contributed by atoms with Crippen molar-refractivity contribution in [3.8, 4) is 0 Å². The number of carbonyl (C=O) groups is 2. The van der Waals surface area contributed by atoms with Crippen molar-refractivity contribution in [3.63, 3.8) is 0 Å². The monoisotopic (exact) mass is 228 g/mol. The third-order valence-electron chi connectivity index (χ3n) is 2.37. The number of aliphatic carboxylic acids is 1. The second-order valence-electron chi connectivity index (χ2n) is 3.71. The summed E-state index contributed by atoms with van der Waals surface area (Å²) >= 11 is 0. The molecule has 0 saturated carbocycles. The molecule has 0 aliphatic carbocycles. The smallest absolute Gasteiger partial charge is 0.320 e. The van der Waals surface area contributed by atoms with Gasteiger partial charge < -0.3 is 20.9 Å². The second kappa shape index (κ2) is 5.62. The van der Waals surface area contributed by atoms with E-state index in [0.717, 1.165) is 5.57 Å². The number of carboxylic acid groups (broad SMARTS) is 1. The number of hydrogen-bond acceptors (Lipinski definition) is 4. The first kappa shape index (κ1) is 12.7. The van der Waals surface area contributed by atoms with E-state index in [0.29, 0.717) is 6.61 Å². The van der Waals surface area contributed by atoms with Gasteiger partial charge in [0.2, 0.25) is 5.91 Å². The Labute approximate surface area is 93.4 Å². The van der Waals surface area contributed by atoms with Crippen LogP contribution in [0.3, 0.4) is 0 Å². The van der Waals surface area contributed by atoms with Gasteiger partial charge >= 0.3 is 5.97 Å². The molecule has 6 heteroatoms. The van der Waals surface area contributed by atoms with Crippen LogP contribution in [0.2, 0.25) is 0 Å². The van der Waals surface area contributed by atoms with E-state index in [1.54, 1.807) is 0 Å². The van der Waals surface area contributed by atoms with Crippen LogP contribution >= 0.6 is 0 Å². The zero-order chi connectivity index (χ0) is 12.1. The van der Waals surface area contributed by atoms with Gasteiger partial charge in [0.05, 0.1) is 6.61 Å². The van der Waals surface area contributed by atoms with Crippen LogP contribution in [0.5, 0.6) is 0 Å². The third kappa shape index (κ3) is 3.63. The molecule has 90 valence electrons. The van der Waals surface area contributed by atoms with E-state index < -0.39 is 12.0 Å². The summed E-state index contributed by atoms with van der Waals surface area (Å²) in [6.45, 7) is 2.35. The zero-order valence-electron chi connectivity index (χ0n) is 9.10. The van der Waals surface area contributed by atoms with Gasteiger partial charge in [0.1, 0.15) is 6.04 Å². The Hall–Kier alpha value is -1.40. The summed E-state index contributed by atoms with van der Waals surface area (Å²) in [6.07, 6.45) is 1.71. The summed E-state index contributed by atoms with van der Waals surface area (Å²) in [7, 11) is 0. The highest BCUT2D eigenvalue weighted by Gasteiger charge is 2.19. The fourth-order valence-electron chi connectivity index (χ4n) is 1.30. The Kier molecular flexibility index (Phi) is 4.45. The Morgan fingerprint density at radius 2 is 2.44 bits per heavy atom. The maximum Gasteiger partial charge on any atom is 0.320 e. The zero-order valence-corrected chi connectivity index (χ0v) is 9.10. The van der Waals surface area contributed by atoms with Gasteiger partial charge in [-0.1, -0.05) is 6.08 Å². The van der Waals surface area contributed by atoms with Crippen LogP contribution in [-0.4, -0.2) is 35.9 Å². The van der Waals surface area contributed by atoms with Crippen molar-refractivity contribution in [1.29, 1.82) is 0 Å². The average molecular weight is 228 g/mol. The van der Waals surface area contributed by atoms with Crippen molar-refractivity contribution < 1.29 is 19.4 Å². The molecular weight excluding hydrogens is 212 g/mol. The van der Waals surface area contributed by atoms with Crippen LogP contribution < -0.4 is 11.1 Å². The minimum absolute atomic E-state index is 0.0839. The van der Waals surface area contributed by atoms with Crippen LogP contribution in [0.25, 0.3) is 0 Å². The largest absolute Gasteiger partial charge is 0.480 e. The molecule has 2 atom stereocenters. The Morgan fingerprint density at radius 1 is 1.75 bits per heavy atom. The van der Waals surface area contributed by atoms with Crippen molar-refractivity contribution >= 4 is 11.9 Å². The van der Waals surface area contributed by atoms with Crippen LogP contribution in [0, 0.1) is 0 Å². The molecule has 4 N–H and O–H groups in total. The molecule has 1 rings (SSSR count). The van der Waals surface area contributed by atoms with E-state index in [1.165, 1.54) is 0 Å². The van der Waals surface area contributed by atoms with Gasteiger partial charge in [-0.25, -0.2) is 0 Å². The molecule has 2 unspecified atom stereocenters. The normalized spacial score (nSPS) is 21.4. The molecule has 0 aromatic carbocycles. The minimum Gasteiger partial charge on any atom is -0.480 e. The lowest BCUT2D eigenvalue weighted by Gasteiger charge is -2.14. The third-order valence-corrected chi connectivity index (χ3v) is 2.37. The SMILES string of the molecule is CC1=CCOC1NC(=O)CCC(N)C(=O)O. The highest BCUT2D eigenvalue weighted by molar-refractivity contribution is 5.78. The number of amides is 1. The molecule has 16 heavy (non-hydrogen) atoms. The van der Waals surface area contributed by atoms with Gasteiger partial charge in [-0.3, -0.25) is 9.59 Å². The minimum atomic E-state index is -1.10. The number of nitrogens with one attached hydrogen (secondary N) is 1. The summed E-state index contributed by atoms with van der Waals surface area (Å²) in [5.41, 5.74) is 6.23. The number of carbonyl (C=O) groups excluding carboxylic acids is 1. The van der Waals surface area contributed by atoms with Crippen molar-refractivity contribution in [3.05, 3.63) is 11.6 Å². The van der Waals surface area contributed by atoms with E-state index in [1.807, 2.05) is 13.0 Å². The predicted octanol–water partition coefficient (Wildman–Crippen LogP) is -0.403. The van der Waals surface area contributed by atoms with Gasteiger partial charge in [-0.2, -0.15) is 0 Å². The molecule has 1 aliphatic heterocycles. The van der Waals surface area contributed by atoms with E-state index in [2.05, 4.69) is 5.32 Å². The number of hydrogen-bond donors (Lipinski definition) is 3. The number of rotatable bonds is 5. The maximum absolute atomic E-state index is 11.4. The molecule has 0 bridgehead atoms. The summed E-state index contributed by atoms with van der Waals surface area (Å²) in [6, 6.07) is -0.994. The Balaban J connectivity index is 2.26. The lowest BCUT2D eigenvalue weighted by Crippen LogP contribution is -2.37. The highest BCUT2D eigenvalue weighted by atomic mass is 16.5. The first-order valence-corrected chi connectivity index (χ1v) is 5.06. The molecule has 0 radical (unpaired) electrons. The van der Waals surface area contributed by atoms with Crippen LogP contribution in [0.15, 0.2) is 11.6 Å². The molecular formula is C10H16N2O4. The second-order valence-corrected chi connectivity index (χ2v) is 3.71. The summed E-state index contributed by atoms with van der Waals surface area (Å²) in [5, 5.41) is 11.2. The fraction of sp³-hybridized carbons (Fsp3) is 0.600. The number of ether oxygens (including phenoxy) is 1. The lowest BCUT2D eigenvalue weighted by atomic mass is 10.1. The summed E-state index contributed by atoms with van der Waals surface area (Å²) < 4.78 is 5.22. The first-order chi connectivity index (χ1) is 7.50. The van der Waals surface area contributed by atoms with E-state index in [-0.39, 0.29) is 25.0 Å². The van der Waals surface area contributed by atoms with E-state index in [4.69, 9.17) is 15.6 Å². The molecule has 0 aromatic heterocycles. The molecule has 0 spiro atoms. The molecule has 0 fully saturated rings. The summed E-state index contributed by atoms with van der Waals surface area (Å²) in [4.78, 5) is 21.8. The number of carboxylic acids is 1. The number of nitrogens with two attached hydrogens (primary N) is 1. The van der Waals surface area contributed by atoms with Crippen molar-refractivity contribution in [1.82, 2.24) is 5.32 Å². The molecule has 1 aliphatic rings. The standard InChI is InChI=1S/C10H16N2O4/c1-6-4-5-16-9(6)12-8(13)3-2-7(11)10(14)15/h4,7,9H,2-3,5,11H2,1H3,(H,12,13)(H,14,15). The van der Waals surface area contributed by atoms with Gasteiger partial charge in [0.25, 0.3) is 0 Å². The summed E-state index contributed by atoms with van der Waals surface area (Å²) in [5.74, 6) is -1.35. The van der Waals surface area contributed by atoms with Crippen molar-refractivity contribution in [2.45, 2.75) is 32.0 Å². The average Bonchev–Trinajstić information content (AvgIpc) is 2.60. The van der Waals surface area contributed by atoms with Crippen LogP contribution in [0.4, 0.5) is 0 Å². The highest BCUT2D eigenvalue weighted by Crippen LogP contribution is 2.10. The van der Waals surface area contributed by atoms with Gasteiger partial charge in [0, 0.05) is 6.42 Å². The molecule has 0 aromatic rings. The van der Waals surface area contributed by atoms with Gasteiger partial charge in [0.15, 0.2) is 6.23 Å². The quantitative estimate of drug-likeness (QED) is 0.555. The fourth-order valence-corrected chi connectivity index (χ4v) is 1.30. The predicted molar refractivity (Wildman–Crippen MR) is 56.5 cm³/mol. The molecule has 0 saturated heterocycles. The van der Waals surface area contributed by atoms with Crippen LogP contribution in [-0.2, 0) is 14.3 Å². The van der Waals surface area contributed by atoms with Crippen LogP contribution in [0.1, 0.15) is 19.8 Å². The Morgan fingerprint density at radius 3 is 2.94 bits per heavy atom. The van der Waals surface area contributed by atoms with Crippen molar-refractivity contribution in [2.75, 3.05) is 6.61 Å². The van der Waals surface area contributed by atoms with E-state index >= 15 is 0 Å². The van der Waals surface area contributed by atoms with Crippen molar-refractivity contribution in [2.24, 2.45) is 5.73 Å². The van der Waals surface area contributed by atoms with E-state index in [9.17, 15) is 9.59 Å². The molecule has 1 amide bonds. The Bertz CT molecular complexity index is 314. The van der Waals surface area contributed by atoms with Gasteiger partial charge in [-0.15, -0.1) is 0 Å². The maximum atomic E-state index is 11.4.